The third-order valence-electron chi connectivity index (χ3n) is 3.69. The fourth-order valence-electron chi connectivity index (χ4n) is 2.23. The van der Waals surface area contributed by atoms with Gasteiger partial charge in [-0.3, -0.25) is 4.79 Å². The first-order valence-electron chi connectivity index (χ1n) is 7.07. The van der Waals surface area contributed by atoms with Crippen LogP contribution in [0.4, 0.5) is 10.3 Å². The van der Waals surface area contributed by atoms with Crippen molar-refractivity contribution in [3.8, 4) is 11.4 Å². The van der Waals surface area contributed by atoms with Gasteiger partial charge in [-0.2, -0.15) is 9.67 Å². The van der Waals surface area contributed by atoms with Gasteiger partial charge in [-0.15, -0.1) is 5.10 Å². The third kappa shape index (κ3) is 2.70. The number of halogens is 1. The Kier molecular flexibility index (Phi) is 3.65. The lowest BCUT2D eigenvalue weighted by molar-refractivity contribution is 0.0944. The molecule has 1 heterocycles. The zero-order valence-electron chi connectivity index (χ0n) is 12.7. The van der Waals surface area contributed by atoms with E-state index >= 15 is 0 Å². The standard InChI is InChI=1S/C17H15FN4O/c1-10-7-8-12(9-11(10)2)15-20-17(19)22(21-15)16(23)13-5-3-4-6-14(13)18/h3-9H,1-2H3,(H2,19,20,21). The average molecular weight is 310 g/mol. The van der Waals surface area contributed by atoms with Gasteiger partial charge in [0.2, 0.25) is 5.95 Å². The number of hydrogen-bond donors (Lipinski definition) is 1. The second-order valence-electron chi connectivity index (χ2n) is 5.29. The fraction of sp³-hybridized carbons (Fsp3) is 0.118. The van der Waals surface area contributed by atoms with Crippen LogP contribution in [0.25, 0.3) is 11.4 Å². The van der Waals surface area contributed by atoms with Crippen molar-refractivity contribution in [2.45, 2.75) is 13.8 Å². The molecular weight excluding hydrogens is 295 g/mol. The topological polar surface area (TPSA) is 73.8 Å². The molecule has 2 N–H and O–H groups in total. The van der Waals surface area contributed by atoms with Crippen LogP contribution >= 0.6 is 0 Å². The summed E-state index contributed by atoms with van der Waals surface area (Å²) in [5.41, 5.74) is 8.65. The van der Waals surface area contributed by atoms with Crippen LogP contribution in [0.3, 0.4) is 0 Å². The summed E-state index contributed by atoms with van der Waals surface area (Å²) in [5.74, 6) is -1.02. The lowest BCUT2D eigenvalue weighted by Crippen LogP contribution is -2.17. The molecule has 0 aliphatic rings. The second kappa shape index (κ2) is 5.64. The quantitative estimate of drug-likeness (QED) is 0.789. The summed E-state index contributed by atoms with van der Waals surface area (Å²) in [4.78, 5) is 16.5. The lowest BCUT2D eigenvalue weighted by Gasteiger charge is -2.03. The first-order valence-corrected chi connectivity index (χ1v) is 7.07. The Labute approximate surface area is 132 Å². The van der Waals surface area contributed by atoms with Crippen molar-refractivity contribution in [2.75, 3.05) is 5.73 Å². The molecule has 23 heavy (non-hydrogen) atoms. The molecule has 0 saturated heterocycles. The number of nitrogens with zero attached hydrogens (tertiary/aromatic N) is 3. The Balaban J connectivity index is 2.03. The minimum atomic E-state index is -0.650. The van der Waals surface area contributed by atoms with Crippen LogP contribution in [-0.4, -0.2) is 20.7 Å². The number of carbonyl (C=O) groups excluding carboxylic acids is 1. The number of nitrogen functional groups attached to an aromatic ring is 1. The molecule has 0 aliphatic carbocycles. The van der Waals surface area contributed by atoms with Gasteiger partial charge in [0, 0.05) is 5.56 Å². The van der Waals surface area contributed by atoms with E-state index in [4.69, 9.17) is 5.73 Å². The number of aryl methyl sites for hydroxylation is 2. The molecule has 0 fully saturated rings. The Hall–Kier alpha value is -3.02. The van der Waals surface area contributed by atoms with E-state index in [1.807, 2.05) is 32.0 Å². The van der Waals surface area contributed by atoms with Gasteiger partial charge in [-0.25, -0.2) is 4.39 Å². The summed E-state index contributed by atoms with van der Waals surface area (Å²) in [7, 11) is 0. The van der Waals surface area contributed by atoms with E-state index in [9.17, 15) is 9.18 Å². The van der Waals surface area contributed by atoms with Crippen LogP contribution < -0.4 is 5.73 Å². The number of aromatic nitrogens is 3. The largest absolute Gasteiger partial charge is 0.368 e. The molecule has 0 saturated carbocycles. The van der Waals surface area contributed by atoms with Crippen molar-refractivity contribution in [1.29, 1.82) is 0 Å². The van der Waals surface area contributed by atoms with Crippen LogP contribution in [0.15, 0.2) is 42.5 Å². The maximum Gasteiger partial charge on any atom is 0.284 e. The molecule has 5 nitrogen and oxygen atoms in total. The lowest BCUT2D eigenvalue weighted by atomic mass is 10.1. The molecule has 0 unspecified atom stereocenters. The maximum atomic E-state index is 13.8. The van der Waals surface area contributed by atoms with Crippen LogP contribution in [0.5, 0.6) is 0 Å². The van der Waals surface area contributed by atoms with Crippen molar-refractivity contribution in [2.24, 2.45) is 0 Å². The number of hydrogen-bond acceptors (Lipinski definition) is 4. The van der Waals surface area contributed by atoms with Gasteiger partial charge in [0.25, 0.3) is 5.91 Å². The van der Waals surface area contributed by atoms with Crippen molar-refractivity contribution in [3.63, 3.8) is 0 Å². The van der Waals surface area contributed by atoms with E-state index in [-0.39, 0.29) is 11.5 Å². The highest BCUT2D eigenvalue weighted by Crippen LogP contribution is 2.21. The molecule has 3 rings (SSSR count). The summed E-state index contributed by atoms with van der Waals surface area (Å²) >= 11 is 0. The van der Waals surface area contributed by atoms with E-state index in [0.29, 0.717) is 5.82 Å². The Morgan fingerprint density at radius 2 is 1.87 bits per heavy atom. The van der Waals surface area contributed by atoms with Gasteiger partial charge in [-0.1, -0.05) is 24.3 Å². The average Bonchev–Trinajstić information content (AvgIpc) is 2.92. The number of nitrogens with two attached hydrogens (primary N) is 1. The van der Waals surface area contributed by atoms with Gasteiger partial charge in [0.15, 0.2) is 5.82 Å². The highest BCUT2D eigenvalue weighted by Gasteiger charge is 2.19. The summed E-state index contributed by atoms with van der Waals surface area (Å²) in [5, 5.41) is 4.13. The van der Waals surface area contributed by atoms with Gasteiger partial charge in [-0.05, 0) is 43.2 Å². The highest BCUT2D eigenvalue weighted by atomic mass is 19.1. The molecule has 0 spiro atoms. The molecule has 0 atom stereocenters. The van der Waals surface area contributed by atoms with Gasteiger partial charge in [0.1, 0.15) is 5.82 Å². The van der Waals surface area contributed by atoms with E-state index in [1.54, 1.807) is 6.07 Å². The highest BCUT2D eigenvalue weighted by molar-refractivity contribution is 5.97. The molecule has 3 aromatic rings. The minimum absolute atomic E-state index is 0.0773. The van der Waals surface area contributed by atoms with Crippen molar-refractivity contribution < 1.29 is 9.18 Å². The summed E-state index contributed by atoms with van der Waals surface area (Å²) in [6.45, 7) is 3.98. The number of rotatable bonds is 2. The van der Waals surface area contributed by atoms with Crippen LogP contribution in [0.1, 0.15) is 21.5 Å². The van der Waals surface area contributed by atoms with Crippen LogP contribution in [0, 0.1) is 19.7 Å². The summed E-state index contributed by atoms with van der Waals surface area (Å²) in [6, 6.07) is 11.4. The second-order valence-corrected chi connectivity index (χ2v) is 5.29. The van der Waals surface area contributed by atoms with E-state index in [0.717, 1.165) is 21.4 Å². The molecule has 0 amide bonds. The fourth-order valence-corrected chi connectivity index (χ4v) is 2.23. The SMILES string of the molecule is Cc1ccc(-c2nc(N)n(C(=O)c3ccccc3F)n2)cc1C. The Morgan fingerprint density at radius 1 is 1.13 bits per heavy atom. The summed E-state index contributed by atoms with van der Waals surface area (Å²) in [6.07, 6.45) is 0. The molecule has 2 aromatic carbocycles. The van der Waals surface area contributed by atoms with E-state index in [1.165, 1.54) is 18.2 Å². The minimum Gasteiger partial charge on any atom is -0.368 e. The Morgan fingerprint density at radius 3 is 2.57 bits per heavy atom. The number of benzene rings is 2. The number of carbonyl (C=O) groups is 1. The normalized spacial score (nSPS) is 10.7. The van der Waals surface area contributed by atoms with Crippen molar-refractivity contribution >= 4 is 11.9 Å². The number of anilines is 1. The molecule has 0 radical (unpaired) electrons. The maximum absolute atomic E-state index is 13.8. The predicted octanol–water partition coefficient (Wildman–Crippen LogP) is 2.97. The van der Waals surface area contributed by atoms with E-state index in [2.05, 4.69) is 10.1 Å². The Bertz CT molecular complexity index is 901. The van der Waals surface area contributed by atoms with Crippen molar-refractivity contribution in [1.82, 2.24) is 14.8 Å². The first kappa shape index (κ1) is 14.9. The molecule has 6 heteroatoms. The monoisotopic (exact) mass is 310 g/mol. The molecule has 116 valence electrons. The molecular formula is C17H15FN4O. The smallest absolute Gasteiger partial charge is 0.284 e. The molecule has 0 aliphatic heterocycles. The zero-order valence-corrected chi connectivity index (χ0v) is 12.7. The zero-order chi connectivity index (χ0) is 16.6. The van der Waals surface area contributed by atoms with Crippen molar-refractivity contribution in [3.05, 3.63) is 65.0 Å². The predicted molar refractivity (Wildman–Crippen MR) is 85.5 cm³/mol. The molecule has 1 aromatic heterocycles. The third-order valence-corrected chi connectivity index (χ3v) is 3.69. The van der Waals surface area contributed by atoms with Crippen LogP contribution in [-0.2, 0) is 0 Å². The molecule has 0 bridgehead atoms. The van der Waals surface area contributed by atoms with Crippen LogP contribution in [0.2, 0.25) is 0 Å². The van der Waals surface area contributed by atoms with Gasteiger partial charge in [0.05, 0.1) is 5.56 Å². The summed E-state index contributed by atoms with van der Waals surface area (Å²) < 4.78 is 14.7. The van der Waals surface area contributed by atoms with Gasteiger partial charge >= 0.3 is 0 Å². The first-order chi connectivity index (χ1) is 11.0. The van der Waals surface area contributed by atoms with E-state index < -0.39 is 11.7 Å². The van der Waals surface area contributed by atoms with Gasteiger partial charge < -0.3 is 5.73 Å².